The molecule has 1 saturated heterocycles. The van der Waals surface area contributed by atoms with Crippen molar-refractivity contribution in [1.29, 1.82) is 0 Å². The van der Waals surface area contributed by atoms with Gasteiger partial charge in [0.1, 0.15) is 5.75 Å². The van der Waals surface area contributed by atoms with Gasteiger partial charge in [0.2, 0.25) is 0 Å². The van der Waals surface area contributed by atoms with E-state index >= 15 is 0 Å². The molecule has 0 N–H and O–H groups in total. The molecule has 1 fully saturated rings. The van der Waals surface area contributed by atoms with Crippen molar-refractivity contribution in [3.05, 3.63) is 29.8 Å². The van der Waals surface area contributed by atoms with E-state index in [1.54, 1.807) is 0 Å². The molecule has 100 valence electrons. The lowest BCUT2D eigenvalue weighted by atomic mass is 9.89. The van der Waals surface area contributed by atoms with Crippen molar-refractivity contribution in [3.8, 4) is 18.1 Å². The molecule has 0 amide bonds. The minimum atomic E-state index is -0.277. The summed E-state index contributed by atoms with van der Waals surface area (Å²) in [6.45, 7) is 4.23. The zero-order valence-electron chi connectivity index (χ0n) is 11.3. The van der Waals surface area contributed by atoms with Crippen LogP contribution in [0.15, 0.2) is 24.3 Å². The molecule has 19 heavy (non-hydrogen) atoms. The number of benzene rings is 1. The Hall–Kier alpha value is -1.79. The van der Waals surface area contributed by atoms with Crippen LogP contribution in [-0.4, -0.2) is 30.5 Å². The molecule has 0 radical (unpaired) electrons. The predicted octanol–water partition coefficient (Wildman–Crippen LogP) is 2.42. The molecular formula is C16H19NO2. The summed E-state index contributed by atoms with van der Waals surface area (Å²) >= 11 is 0. The van der Waals surface area contributed by atoms with E-state index in [-0.39, 0.29) is 5.97 Å². The number of nitrogens with zero attached hydrogens (tertiary/aromatic N) is 1. The Bertz CT molecular complexity index is 482. The highest BCUT2D eigenvalue weighted by Crippen LogP contribution is 2.29. The minimum absolute atomic E-state index is 0.277. The lowest BCUT2D eigenvalue weighted by Crippen LogP contribution is -2.33. The zero-order valence-corrected chi connectivity index (χ0v) is 11.3. The molecule has 3 nitrogen and oxygen atoms in total. The van der Waals surface area contributed by atoms with Gasteiger partial charge in [0.25, 0.3) is 0 Å². The van der Waals surface area contributed by atoms with Gasteiger partial charge in [0.05, 0.1) is 6.54 Å². The van der Waals surface area contributed by atoms with Crippen LogP contribution in [0.1, 0.15) is 31.2 Å². The van der Waals surface area contributed by atoms with E-state index in [2.05, 4.69) is 16.9 Å². The summed E-state index contributed by atoms with van der Waals surface area (Å²) < 4.78 is 5.13. The van der Waals surface area contributed by atoms with Crippen LogP contribution in [0.5, 0.6) is 5.75 Å². The molecule has 0 aliphatic carbocycles. The largest absolute Gasteiger partial charge is 0.427 e. The number of ether oxygens (including phenoxy) is 1. The number of rotatable bonds is 3. The van der Waals surface area contributed by atoms with Crippen LogP contribution in [0.2, 0.25) is 0 Å². The number of piperidine rings is 1. The normalized spacial score (nSPS) is 16.8. The number of likely N-dealkylation sites (tertiary alicyclic amines) is 1. The molecule has 1 heterocycles. The topological polar surface area (TPSA) is 29.5 Å². The highest BCUT2D eigenvalue weighted by atomic mass is 16.5. The second kappa shape index (κ2) is 6.40. The van der Waals surface area contributed by atoms with Crippen molar-refractivity contribution in [2.45, 2.75) is 25.7 Å². The van der Waals surface area contributed by atoms with Gasteiger partial charge >= 0.3 is 5.97 Å². The minimum Gasteiger partial charge on any atom is -0.427 e. The van der Waals surface area contributed by atoms with Gasteiger partial charge in [-0.3, -0.25) is 9.69 Å². The van der Waals surface area contributed by atoms with E-state index < -0.39 is 0 Å². The van der Waals surface area contributed by atoms with E-state index in [4.69, 9.17) is 11.2 Å². The quantitative estimate of drug-likeness (QED) is 0.473. The van der Waals surface area contributed by atoms with Gasteiger partial charge in [-0.2, -0.15) is 0 Å². The highest BCUT2D eigenvalue weighted by molar-refractivity contribution is 5.69. The third-order valence-corrected chi connectivity index (χ3v) is 3.49. The Kier molecular flexibility index (Phi) is 4.59. The number of hydrogen-bond acceptors (Lipinski definition) is 3. The van der Waals surface area contributed by atoms with Crippen molar-refractivity contribution in [3.63, 3.8) is 0 Å². The maximum Gasteiger partial charge on any atom is 0.308 e. The molecule has 0 unspecified atom stereocenters. The van der Waals surface area contributed by atoms with E-state index in [9.17, 15) is 4.79 Å². The number of hydrogen-bond donors (Lipinski definition) is 0. The Morgan fingerprint density at radius 3 is 2.84 bits per heavy atom. The first kappa shape index (κ1) is 13.6. The molecule has 0 spiro atoms. The van der Waals surface area contributed by atoms with Crippen molar-refractivity contribution in [2.75, 3.05) is 19.6 Å². The lowest BCUT2D eigenvalue weighted by molar-refractivity contribution is -0.131. The van der Waals surface area contributed by atoms with Crippen molar-refractivity contribution >= 4 is 5.97 Å². The zero-order chi connectivity index (χ0) is 13.7. The number of esters is 1. The lowest BCUT2D eigenvalue weighted by Gasteiger charge is -2.30. The summed E-state index contributed by atoms with van der Waals surface area (Å²) in [6, 6.07) is 7.84. The molecule has 0 aromatic heterocycles. The molecule has 1 aliphatic heterocycles. The first-order chi connectivity index (χ1) is 9.19. The number of carbonyl (C=O) groups excluding carboxylic acids is 1. The average molecular weight is 257 g/mol. The van der Waals surface area contributed by atoms with Crippen LogP contribution in [0.3, 0.4) is 0 Å². The van der Waals surface area contributed by atoms with E-state index in [0.29, 0.717) is 11.7 Å². The van der Waals surface area contributed by atoms with E-state index in [1.807, 2.05) is 18.2 Å². The fraction of sp³-hybridized carbons (Fsp3) is 0.438. The van der Waals surface area contributed by atoms with Crippen LogP contribution in [-0.2, 0) is 4.79 Å². The predicted molar refractivity (Wildman–Crippen MR) is 75.0 cm³/mol. The maximum atomic E-state index is 11.0. The van der Waals surface area contributed by atoms with Gasteiger partial charge in [-0.1, -0.05) is 18.1 Å². The highest BCUT2D eigenvalue weighted by Gasteiger charge is 2.20. The van der Waals surface area contributed by atoms with Crippen LogP contribution in [0.4, 0.5) is 0 Å². The van der Waals surface area contributed by atoms with Crippen LogP contribution < -0.4 is 4.74 Å². The fourth-order valence-corrected chi connectivity index (χ4v) is 2.55. The molecule has 1 aromatic carbocycles. The standard InChI is InChI=1S/C16H19NO2/c1-3-9-17-10-7-14(8-11-17)15-5-4-6-16(12-15)19-13(2)18/h1,4-6,12,14H,7-11H2,2H3. The summed E-state index contributed by atoms with van der Waals surface area (Å²) in [4.78, 5) is 13.3. The van der Waals surface area contributed by atoms with Gasteiger partial charge < -0.3 is 4.74 Å². The summed E-state index contributed by atoms with van der Waals surface area (Å²) in [5.74, 6) is 3.58. The third-order valence-electron chi connectivity index (χ3n) is 3.49. The maximum absolute atomic E-state index is 11.0. The molecule has 0 atom stereocenters. The summed E-state index contributed by atoms with van der Waals surface area (Å²) in [7, 11) is 0. The molecule has 3 heteroatoms. The average Bonchev–Trinajstić information content (AvgIpc) is 2.39. The fourth-order valence-electron chi connectivity index (χ4n) is 2.55. The van der Waals surface area contributed by atoms with Crippen LogP contribution in [0.25, 0.3) is 0 Å². The molecular weight excluding hydrogens is 238 g/mol. The molecule has 0 bridgehead atoms. The summed E-state index contributed by atoms with van der Waals surface area (Å²) in [5, 5.41) is 0. The molecule has 1 aromatic rings. The Morgan fingerprint density at radius 2 is 2.21 bits per heavy atom. The smallest absolute Gasteiger partial charge is 0.308 e. The van der Waals surface area contributed by atoms with E-state index in [1.165, 1.54) is 12.5 Å². The first-order valence-electron chi connectivity index (χ1n) is 6.63. The Labute approximate surface area is 114 Å². The van der Waals surface area contributed by atoms with E-state index in [0.717, 1.165) is 32.5 Å². The third kappa shape index (κ3) is 3.84. The summed E-state index contributed by atoms with van der Waals surface area (Å²) in [5.41, 5.74) is 1.25. The second-order valence-electron chi connectivity index (χ2n) is 4.92. The Balaban J connectivity index is 1.99. The SMILES string of the molecule is C#CCN1CCC(c2cccc(OC(C)=O)c2)CC1. The molecule has 0 saturated carbocycles. The van der Waals surface area contributed by atoms with Crippen LogP contribution >= 0.6 is 0 Å². The van der Waals surface area contributed by atoms with Crippen molar-refractivity contribution < 1.29 is 9.53 Å². The van der Waals surface area contributed by atoms with Crippen LogP contribution in [0, 0.1) is 12.3 Å². The van der Waals surface area contributed by atoms with Gasteiger partial charge in [-0.25, -0.2) is 0 Å². The molecule has 1 aliphatic rings. The first-order valence-corrected chi connectivity index (χ1v) is 6.63. The van der Waals surface area contributed by atoms with Crippen molar-refractivity contribution in [1.82, 2.24) is 4.90 Å². The van der Waals surface area contributed by atoms with Gasteiger partial charge in [0, 0.05) is 6.92 Å². The molecule has 2 rings (SSSR count). The Morgan fingerprint density at radius 1 is 1.47 bits per heavy atom. The second-order valence-corrected chi connectivity index (χ2v) is 4.92. The van der Waals surface area contributed by atoms with Gasteiger partial charge in [-0.15, -0.1) is 6.42 Å². The number of carbonyl (C=O) groups is 1. The monoisotopic (exact) mass is 257 g/mol. The summed E-state index contributed by atoms with van der Waals surface area (Å²) in [6.07, 6.45) is 7.54. The van der Waals surface area contributed by atoms with Gasteiger partial charge in [-0.05, 0) is 49.5 Å². The van der Waals surface area contributed by atoms with Crippen molar-refractivity contribution in [2.24, 2.45) is 0 Å². The van der Waals surface area contributed by atoms with Gasteiger partial charge in [0.15, 0.2) is 0 Å². The number of terminal acetylenes is 1.